The van der Waals surface area contributed by atoms with Crippen molar-refractivity contribution >= 4 is 18.0 Å². The van der Waals surface area contributed by atoms with Crippen LogP contribution in [0.25, 0.3) is 6.08 Å². The molecule has 5 heteroatoms. The number of nitrogens with one attached hydrogen (secondary N) is 1. The van der Waals surface area contributed by atoms with E-state index in [1.807, 2.05) is 39.0 Å². The lowest BCUT2D eigenvalue weighted by molar-refractivity contribution is -0.194. The molecule has 2 atom stereocenters. The summed E-state index contributed by atoms with van der Waals surface area (Å²) in [5, 5.41) is 12.5. The fourth-order valence-electron chi connectivity index (χ4n) is 3.62. The summed E-state index contributed by atoms with van der Waals surface area (Å²) in [6, 6.07) is 8.19. The zero-order chi connectivity index (χ0) is 20.2. The van der Waals surface area contributed by atoms with E-state index in [9.17, 15) is 14.7 Å². The number of carbonyl (C=O) groups excluding carboxylic acids is 1. The Morgan fingerprint density at radius 3 is 2.41 bits per heavy atom. The molecule has 0 saturated heterocycles. The minimum Gasteiger partial charge on any atom is -0.479 e. The maximum atomic E-state index is 12.4. The van der Waals surface area contributed by atoms with Crippen LogP contribution in [0, 0.1) is 5.41 Å². The molecular formula is C22H31NO4. The molecule has 2 unspecified atom stereocenters. The number of hydrogen-bond donors (Lipinski definition) is 2. The molecule has 0 aliphatic heterocycles. The second kappa shape index (κ2) is 8.26. The third-order valence-corrected chi connectivity index (χ3v) is 5.70. The Morgan fingerprint density at radius 1 is 1.30 bits per heavy atom. The lowest BCUT2D eigenvalue weighted by atomic mass is 9.54. The molecular weight excluding hydrogens is 342 g/mol. The Labute approximate surface area is 161 Å². The first-order valence-electron chi connectivity index (χ1n) is 9.56. The van der Waals surface area contributed by atoms with Crippen molar-refractivity contribution in [3.63, 3.8) is 0 Å². The highest BCUT2D eigenvalue weighted by Crippen LogP contribution is 2.51. The van der Waals surface area contributed by atoms with E-state index in [0.717, 1.165) is 5.56 Å². The number of benzene rings is 1. The van der Waals surface area contributed by atoms with Gasteiger partial charge in [0.25, 0.3) is 0 Å². The minimum atomic E-state index is -1.28. The number of carbonyl (C=O) groups is 2. The summed E-state index contributed by atoms with van der Waals surface area (Å²) in [6.07, 6.45) is 3.90. The first-order valence-corrected chi connectivity index (χ1v) is 9.56. The molecule has 0 radical (unpaired) electrons. The van der Waals surface area contributed by atoms with Crippen LogP contribution in [0.5, 0.6) is 0 Å². The molecule has 0 aromatic heterocycles. The lowest BCUT2D eigenvalue weighted by Gasteiger charge is -2.58. The molecule has 0 bridgehead atoms. The van der Waals surface area contributed by atoms with E-state index in [1.54, 1.807) is 6.08 Å². The fourth-order valence-corrected chi connectivity index (χ4v) is 3.62. The molecule has 0 spiro atoms. The van der Waals surface area contributed by atoms with Crippen molar-refractivity contribution in [1.82, 2.24) is 5.32 Å². The van der Waals surface area contributed by atoms with Gasteiger partial charge in [-0.05, 0) is 24.0 Å². The van der Waals surface area contributed by atoms with Gasteiger partial charge >= 0.3 is 5.97 Å². The van der Waals surface area contributed by atoms with E-state index >= 15 is 0 Å². The monoisotopic (exact) mass is 373 g/mol. The van der Waals surface area contributed by atoms with Crippen molar-refractivity contribution in [3.8, 4) is 0 Å². The normalized spacial score (nSPS) is 24.0. The van der Waals surface area contributed by atoms with E-state index < -0.39 is 16.9 Å². The van der Waals surface area contributed by atoms with Gasteiger partial charge in [-0.3, -0.25) is 4.79 Å². The van der Waals surface area contributed by atoms with E-state index in [0.29, 0.717) is 12.5 Å². The topological polar surface area (TPSA) is 75.6 Å². The number of aliphatic carboxylic acids is 1. The Balaban J connectivity index is 1.98. The van der Waals surface area contributed by atoms with E-state index in [4.69, 9.17) is 4.74 Å². The van der Waals surface area contributed by atoms with Crippen LogP contribution >= 0.6 is 0 Å². The van der Waals surface area contributed by atoms with Crippen molar-refractivity contribution < 1.29 is 19.4 Å². The number of hydrogen-bond acceptors (Lipinski definition) is 3. The molecule has 2 N–H and O–H groups in total. The first-order chi connectivity index (χ1) is 12.6. The summed E-state index contributed by atoms with van der Waals surface area (Å²) < 4.78 is 5.62. The van der Waals surface area contributed by atoms with Crippen molar-refractivity contribution in [3.05, 3.63) is 41.5 Å². The maximum absolute atomic E-state index is 12.4. The number of rotatable bonds is 8. The van der Waals surface area contributed by atoms with E-state index in [2.05, 4.69) is 31.3 Å². The molecule has 2 rings (SSSR count). The summed E-state index contributed by atoms with van der Waals surface area (Å²) in [6.45, 7) is 10.4. The van der Waals surface area contributed by atoms with Crippen molar-refractivity contribution in [2.45, 2.75) is 65.0 Å². The molecule has 1 aromatic carbocycles. The summed E-state index contributed by atoms with van der Waals surface area (Å²) >= 11 is 0. The highest BCUT2D eigenvalue weighted by atomic mass is 16.5. The summed E-state index contributed by atoms with van der Waals surface area (Å²) in [7, 11) is 0. The van der Waals surface area contributed by atoms with Gasteiger partial charge in [-0.25, -0.2) is 4.79 Å². The molecule has 1 saturated carbocycles. The minimum absolute atomic E-state index is 0.135. The van der Waals surface area contributed by atoms with Crippen LogP contribution in [-0.4, -0.2) is 35.2 Å². The van der Waals surface area contributed by atoms with Gasteiger partial charge < -0.3 is 15.2 Å². The van der Waals surface area contributed by atoms with Gasteiger partial charge in [-0.15, -0.1) is 0 Å². The molecule has 148 valence electrons. The molecule has 1 fully saturated rings. The predicted molar refractivity (Wildman–Crippen MR) is 107 cm³/mol. The summed E-state index contributed by atoms with van der Waals surface area (Å²) in [5.41, 5.74) is 0.335. The fraction of sp³-hybridized carbons (Fsp3) is 0.545. The Kier molecular flexibility index (Phi) is 6.47. The molecule has 1 aliphatic rings. The molecule has 5 nitrogen and oxygen atoms in total. The van der Waals surface area contributed by atoms with Crippen molar-refractivity contribution in [2.75, 3.05) is 6.61 Å². The molecule has 1 aliphatic carbocycles. The largest absolute Gasteiger partial charge is 0.479 e. The van der Waals surface area contributed by atoms with Crippen LogP contribution in [0.1, 0.15) is 64.5 Å². The van der Waals surface area contributed by atoms with Gasteiger partial charge in [0, 0.05) is 24.9 Å². The van der Waals surface area contributed by atoms with E-state index in [-0.39, 0.29) is 24.9 Å². The lowest BCUT2D eigenvalue weighted by Crippen LogP contribution is -2.76. The molecule has 27 heavy (non-hydrogen) atoms. The number of ether oxygens (including phenoxy) is 1. The maximum Gasteiger partial charge on any atom is 0.330 e. The first kappa shape index (κ1) is 21.2. The average molecular weight is 373 g/mol. The zero-order valence-corrected chi connectivity index (χ0v) is 16.9. The van der Waals surface area contributed by atoms with Crippen LogP contribution < -0.4 is 5.32 Å². The Bertz CT molecular complexity index is 706. The van der Waals surface area contributed by atoms with Gasteiger partial charge in [0.1, 0.15) is 5.54 Å². The van der Waals surface area contributed by atoms with Gasteiger partial charge in [0.2, 0.25) is 5.91 Å². The Morgan fingerprint density at radius 2 is 1.93 bits per heavy atom. The average Bonchev–Trinajstić information content (AvgIpc) is 2.60. The SMILES string of the molecule is CCOC1CC(NC(=O)C/C=C/c2ccc(C(C)C)cc2)(C(=O)O)C1(C)C. The van der Waals surface area contributed by atoms with Gasteiger partial charge in [0.15, 0.2) is 0 Å². The highest BCUT2D eigenvalue weighted by molar-refractivity contribution is 5.90. The van der Waals surface area contributed by atoms with Crippen LogP contribution in [0.4, 0.5) is 0 Å². The smallest absolute Gasteiger partial charge is 0.330 e. The number of carboxylic acids is 1. The molecule has 1 aromatic rings. The van der Waals surface area contributed by atoms with Gasteiger partial charge in [0.05, 0.1) is 6.10 Å². The summed E-state index contributed by atoms with van der Waals surface area (Å²) in [5.74, 6) is -0.826. The van der Waals surface area contributed by atoms with Crippen molar-refractivity contribution in [1.29, 1.82) is 0 Å². The van der Waals surface area contributed by atoms with Crippen LogP contribution in [0.15, 0.2) is 30.3 Å². The quantitative estimate of drug-likeness (QED) is 0.722. The second-order valence-electron chi connectivity index (χ2n) is 8.06. The molecule has 0 heterocycles. The highest BCUT2D eigenvalue weighted by Gasteiger charge is 2.66. The van der Waals surface area contributed by atoms with Crippen LogP contribution in [0.2, 0.25) is 0 Å². The Hall–Kier alpha value is -2.14. The molecule has 1 amide bonds. The second-order valence-corrected chi connectivity index (χ2v) is 8.06. The van der Waals surface area contributed by atoms with Crippen LogP contribution in [0.3, 0.4) is 0 Å². The third-order valence-electron chi connectivity index (χ3n) is 5.70. The predicted octanol–water partition coefficient (Wildman–Crippen LogP) is 3.99. The standard InChI is InChI=1S/C22H31NO4/c1-6-27-18-14-22(20(25)26,21(18,4)5)23-19(24)9-7-8-16-10-12-17(13-11-16)15(2)3/h7-8,10-13,15,18H,6,9,14H2,1-5H3,(H,23,24)(H,25,26)/b8-7+. The van der Waals surface area contributed by atoms with Gasteiger partial charge in [-0.1, -0.05) is 64.1 Å². The zero-order valence-electron chi connectivity index (χ0n) is 16.9. The number of carboxylic acid groups (broad SMARTS) is 1. The van der Waals surface area contributed by atoms with Crippen molar-refractivity contribution in [2.24, 2.45) is 5.41 Å². The number of amides is 1. The van der Waals surface area contributed by atoms with Gasteiger partial charge in [-0.2, -0.15) is 0 Å². The third kappa shape index (κ3) is 4.24. The van der Waals surface area contributed by atoms with E-state index in [1.165, 1.54) is 5.56 Å². The summed E-state index contributed by atoms with van der Waals surface area (Å²) in [4.78, 5) is 24.3. The van der Waals surface area contributed by atoms with Crippen LogP contribution in [-0.2, 0) is 14.3 Å².